The minimum Gasteiger partial charge on any atom is -0.493 e. The van der Waals surface area contributed by atoms with Crippen LogP contribution in [0.1, 0.15) is 15.9 Å². The molecule has 1 aromatic heterocycles. The molecule has 7 nitrogen and oxygen atoms in total. The first kappa shape index (κ1) is 18.7. The standard InChI is InChI=1S/C19H19N3O4S/c1-24-15-8-13-14(9-16(15)25-2)21-19(27)22(17(13)20)10-11-4-6-12(7-5-11)18(23)26-3/h4-9,20H,10H2,1-3H3,(H,21,27). The van der Waals surface area contributed by atoms with Crippen LogP contribution >= 0.6 is 12.2 Å². The van der Waals surface area contributed by atoms with Gasteiger partial charge in [-0.15, -0.1) is 0 Å². The molecule has 0 saturated heterocycles. The van der Waals surface area contributed by atoms with E-state index in [-0.39, 0.29) is 11.5 Å². The molecule has 3 aromatic rings. The van der Waals surface area contributed by atoms with Crippen molar-refractivity contribution in [2.45, 2.75) is 6.54 Å². The zero-order chi connectivity index (χ0) is 19.6. The fraction of sp³-hybridized carbons (Fsp3) is 0.211. The highest BCUT2D eigenvalue weighted by atomic mass is 32.1. The van der Waals surface area contributed by atoms with Crippen LogP contribution in [0.2, 0.25) is 0 Å². The van der Waals surface area contributed by atoms with Crippen LogP contribution in [-0.4, -0.2) is 36.8 Å². The largest absolute Gasteiger partial charge is 0.493 e. The van der Waals surface area contributed by atoms with Gasteiger partial charge in [-0.05, 0) is 36.0 Å². The molecule has 0 aliphatic rings. The molecule has 0 amide bonds. The zero-order valence-electron chi connectivity index (χ0n) is 15.2. The molecule has 1 heterocycles. The summed E-state index contributed by atoms with van der Waals surface area (Å²) < 4.78 is 17.4. The highest BCUT2D eigenvalue weighted by molar-refractivity contribution is 7.71. The molecule has 0 bridgehead atoms. The molecule has 0 radical (unpaired) electrons. The maximum Gasteiger partial charge on any atom is 0.337 e. The van der Waals surface area contributed by atoms with Crippen molar-refractivity contribution in [2.24, 2.45) is 0 Å². The van der Waals surface area contributed by atoms with Gasteiger partial charge in [-0.2, -0.15) is 0 Å². The normalized spacial score (nSPS) is 10.6. The van der Waals surface area contributed by atoms with Gasteiger partial charge in [0, 0.05) is 11.5 Å². The first-order valence-corrected chi connectivity index (χ1v) is 8.50. The van der Waals surface area contributed by atoms with Crippen molar-refractivity contribution in [1.82, 2.24) is 9.55 Å². The van der Waals surface area contributed by atoms with Crippen LogP contribution in [0, 0.1) is 10.2 Å². The maximum atomic E-state index is 11.5. The molecule has 140 valence electrons. The molecule has 0 spiro atoms. The predicted molar refractivity (Wildman–Crippen MR) is 103 cm³/mol. The molecule has 0 atom stereocenters. The summed E-state index contributed by atoms with van der Waals surface area (Å²) in [5.74, 6) is 0.712. The van der Waals surface area contributed by atoms with E-state index in [9.17, 15) is 4.79 Å². The van der Waals surface area contributed by atoms with Crippen molar-refractivity contribution in [1.29, 1.82) is 5.41 Å². The molecular weight excluding hydrogens is 366 g/mol. The number of methoxy groups -OCH3 is 3. The Balaban J connectivity index is 2.05. The number of rotatable bonds is 5. The van der Waals surface area contributed by atoms with E-state index in [4.69, 9.17) is 31.8 Å². The second-order valence-corrected chi connectivity index (χ2v) is 6.19. The molecule has 0 unspecified atom stereocenters. The third-order valence-electron chi connectivity index (χ3n) is 4.25. The Kier molecular flexibility index (Phi) is 5.27. The second-order valence-electron chi connectivity index (χ2n) is 5.81. The van der Waals surface area contributed by atoms with Crippen molar-refractivity contribution in [3.8, 4) is 11.5 Å². The summed E-state index contributed by atoms with van der Waals surface area (Å²) in [6.45, 7) is 0.389. The van der Waals surface area contributed by atoms with Crippen molar-refractivity contribution >= 4 is 29.1 Å². The number of carbonyl (C=O) groups is 1. The van der Waals surface area contributed by atoms with Gasteiger partial charge in [0.2, 0.25) is 0 Å². The number of nitrogens with one attached hydrogen (secondary N) is 2. The van der Waals surface area contributed by atoms with Gasteiger partial charge in [0.1, 0.15) is 5.49 Å². The van der Waals surface area contributed by atoms with E-state index in [2.05, 4.69) is 4.98 Å². The molecule has 2 N–H and O–H groups in total. The van der Waals surface area contributed by atoms with Gasteiger partial charge in [-0.1, -0.05) is 12.1 Å². The minimum atomic E-state index is -0.389. The average molecular weight is 385 g/mol. The predicted octanol–water partition coefficient (Wildman–Crippen LogP) is 3.03. The van der Waals surface area contributed by atoms with E-state index in [0.717, 1.165) is 5.56 Å². The molecule has 0 saturated carbocycles. The highest BCUT2D eigenvalue weighted by Crippen LogP contribution is 2.29. The zero-order valence-corrected chi connectivity index (χ0v) is 16.0. The van der Waals surface area contributed by atoms with E-state index in [0.29, 0.717) is 39.3 Å². The van der Waals surface area contributed by atoms with Crippen LogP contribution in [0.3, 0.4) is 0 Å². The van der Waals surface area contributed by atoms with E-state index in [1.165, 1.54) is 7.11 Å². The average Bonchev–Trinajstić information content (AvgIpc) is 2.70. The maximum absolute atomic E-state index is 11.5. The lowest BCUT2D eigenvalue weighted by Crippen LogP contribution is -2.23. The molecule has 0 aliphatic heterocycles. The van der Waals surface area contributed by atoms with Crippen LogP contribution in [0.15, 0.2) is 36.4 Å². The molecule has 3 rings (SSSR count). The Morgan fingerprint density at radius 1 is 1.11 bits per heavy atom. The molecule has 27 heavy (non-hydrogen) atoms. The quantitative estimate of drug-likeness (QED) is 0.521. The molecule has 0 aliphatic carbocycles. The summed E-state index contributed by atoms with van der Waals surface area (Å²) >= 11 is 5.43. The molecule has 2 aromatic carbocycles. The summed E-state index contributed by atoms with van der Waals surface area (Å²) in [4.78, 5) is 14.7. The Labute approximate surface area is 160 Å². The third-order valence-corrected chi connectivity index (χ3v) is 4.57. The molecule has 8 heteroatoms. The Bertz CT molecular complexity index is 1120. The van der Waals surface area contributed by atoms with Crippen molar-refractivity contribution in [3.63, 3.8) is 0 Å². The molecular formula is C19H19N3O4S. The number of esters is 1. The lowest BCUT2D eigenvalue weighted by atomic mass is 10.1. The van der Waals surface area contributed by atoms with Crippen molar-refractivity contribution in [3.05, 3.63) is 57.8 Å². The van der Waals surface area contributed by atoms with Crippen molar-refractivity contribution in [2.75, 3.05) is 21.3 Å². The first-order valence-electron chi connectivity index (χ1n) is 8.09. The van der Waals surface area contributed by atoms with Crippen molar-refractivity contribution < 1.29 is 19.0 Å². The van der Waals surface area contributed by atoms with E-state index < -0.39 is 0 Å². The monoisotopic (exact) mass is 385 g/mol. The number of hydrogen-bond acceptors (Lipinski definition) is 6. The smallest absolute Gasteiger partial charge is 0.337 e. The Morgan fingerprint density at radius 2 is 1.74 bits per heavy atom. The first-order chi connectivity index (χ1) is 13.0. The number of H-pyrrole nitrogens is 1. The lowest BCUT2D eigenvalue weighted by molar-refractivity contribution is 0.0600. The summed E-state index contributed by atoms with van der Waals surface area (Å²) in [6, 6.07) is 10.5. The van der Waals surface area contributed by atoms with Gasteiger partial charge in [0.05, 0.1) is 39.0 Å². The van der Waals surface area contributed by atoms with Gasteiger partial charge in [0.15, 0.2) is 16.3 Å². The van der Waals surface area contributed by atoms with Crippen LogP contribution in [-0.2, 0) is 11.3 Å². The topological polar surface area (TPSA) is 89.3 Å². The van der Waals surface area contributed by atoms with Gasteiger partial charge < -0.3 is 19.2 Å². The second kappa shape index (κ2) is 7.63. The van der Waals surface area contributed by atoms with Crippen LogP contribution in [0.25, 0.3) is 10.9 Å². The number of aromatic amines is 1. The van der Waals surface area contributed by atoms with Crippen LogP contribution in [0.4, 0.5) is 0 Å². The Hall–Kier alpha value is -3.13. The van der Waals surface area contributed by atoms with E-state index >= 15 is 0 Å². The molecule has 0 fully saturated rings. The summed E-state index contributed by atoms with van der Waals surface area (Å²) in [5, 5.41) is 9.23. The number of carbonyl (C=O) groups excluding carboxylic acids is 1. The highest BCUT2D eigenvalue weighted by Gasteiger charge is 2.11. The van der Waals surface area contributed by atoms with Gasteiger partial charge in [-0.25, -0.2) is 4.79 Å². The van der Waals surface area contributed by atoms with Gasteiger partial charge in [0.25, 0.3) is 0 Å². The number of ether oxygens (including phenoxy) is 3. The Morgan fingerprint density at radius 3 is 2.33 bits per heavy atom. The summed E-state index contributed by atoms with van der Waals surface area (Å²) in [6.07, 6.45) is 0. The summed E-state index contributed by atoms with van der Waals surface area (Å²) in [5.41, 5.74) is 2.32. The lowest BCUT2D eigenvalue weighted by Gasteiger charge is -2.13. The van der Waals surface area contributed by atoms with Crippen LogP contribution in [0.5, 0.6) is 11.5 Å². The fourth-order valence-electron chi connectivity index (χ4n) is 2.81. The number of benzene rings is 2. The number of nitrogens with zero attached hydrogens (tertiary/aromatic N) is 1. The third kappa shape index (κ3) is 3.56. The fourth-order valence-corrected chi connectivity index (χ4v) is 3.07. The van der Waals surface area contributed by atoms with Crippen LogP contribution < -0.4 is 15.0 Å². The van der Waals surface area contributed by atoms with Gasteiger partial charge in [-0.3, -0.25) is 9.98 Å². The van der Waals surface area contributed by atoms with Gasteiger partial charge >= 0.3 is 5.97 Å². The minimum absolute atomic E-state index is 0.256. The number of aromatic nitrogens is 2. The van der Waals surface area contributed by atoms with E-state index in [1.807, 2.05) is 12.1 Å². The van der Waals surface area contributed by atoms with E-state index in [1.54, 1.807) is 43.1 Å². The number of fused-ring (bicyclic) bond motifs is 1. The number of hydrogen-bond donors (Lipinski definition) is 2. The summed E-state index contributed by atoms with van der Waals surface area (Å²) in [7, 11) is 4.45. The SMILES string of the molecule is COC(=O)c1ccc(Cn2c(=S)[nH]c3cc(OC)c(OC)cc3c2=N)cc1.